The molecule has 1 aliphatic carbocycles. The van der Waals surface area contributed by atoms with Gasteiger partial charge in [0.15, 0.2) is 11.5 Å². The molecule has 0 radical (unpaired) electrons. The van der Waals surface area contributed by atoms with Gasteiger partial charge in [0, 0.05) is 49.4 Å². The summed E-state index contributed by atoms with van der Waals surface area (Å²) >= 11 is 0. The topological polar surface area (TPSA) is 142 Å². The SMILES string of the molecule is C[C@@H](O)[C@H](C)N1CC[C@H](NC(=O)c2cc(-c3ccc(F)cc3F)on2)[C@@H](C(=O)O)C1.Cc1cc2c(c(N)c1CCc1ccccc1)Cc1ccccc1-2. The number of nitrogens with one attached hydrogen (secondary N) is 1. The number of aliphatic hydroxyl groups excluding tert-OH is 1. The van der Waals surface area contributed by atoms with Crippen LogP contribution in [-0.2, 0) is 24.1 Å². The lowest BCUT2D eigenvalue weighted by atomic mass is 9.90. The molecule has 0 unspecified atom stereocenters. The van der Waals surface area contributed by atoms with Gasteiger partial charge < -0.3 is 25.8 Å². The molecule has 4 aromatic carbocycles. The minimum absolute atomic E-state index is 0.0481. The second kappa shape index (κ2) is 16.1. The van der Waals surface area contributed by atoms with E-state index >= 15 is 0 Å². The van der Waals surface area contributed by atoms with E-state index in [1.54, 1.807) is 6.92 Å². The molecule has 1 fully saturated rings. The molecule has 1 amide bonds. The molecule has 0 spiro atoms. The Morgan fingerprint density at radius 1 is 0.981 bits per heavy atom. The lowest BCUT2D eigenvalue weighted by molar-refractivity contribution is -0.145. The highest BCUT2D eigenvalue weighted by Gasteiger charge is 2.38. The number of nitrogens with two attached hydrogens (primary N) is 1. The number of aliphatic hydroxyl groups is 1. The maximum Gasteiger partial charge on any atom is 0.309 e. The number of aromatic nitrogens is 1. The highest BCUT2D eigenvalue weighted by molar-refractivity contribution is 5.93. The van der Waals surface area contributed by atoms with Crippen LogP contribution in [0.25, 0.3) is 22.5 Å². The predicted molar refractivity (Wildman–Crippen MR) is 199 cm³/mol. The molecule has 276 valence electrons. The number of amides is 1. The third-order valence-electron chi connectivity index (χ3n) is 10.5. The van der Waals surface area contributed by atoms with Crippen LogP contribution in [0, 0.1) is 24.5 Å². The van der Waals surface area contributed by atoms with E-state index in [1.165, 1.54) is 51.1 Å². The Hall–Kier alpha value is -5.39. The number of piperidine rings is 1. The summed E-state index contributed by atoms with van der Waals surface area (Å²) < 4.78 is 32.0. The molecular formula is C42H44F2N4O5. The number of aryl methyl sites for hydroxylation is 2. The van der Waals surface area contributed by atoms with Crippen molar-refractivity contribution < 1.29 is 33.1 Å². The average Bonchev–Trinajstić information content (AvgIpc) is 3.78. The van der Waals surface area contributed by atoms with E-state index < -0.39 is 41.6 Å². The summed E-state index contributed by atoms with van der Waals surface area (Å²) in [6.45, 7) is 6.33. The van der Waals surface area contributed by atoms with Gasteiger partial charge in [-0.1, -0.05) is 65.8 Å². The van der Waals surface area contributed by atoms with E-state index in [1.807, 2.05) is 11.8 Å². The molecule has 53 heavy (non-hydrogen) atoms. The van der Waals surface area contributed by atoms with Crippen molar-refractivity contribution in [2.24, 2.45) is 5.92 Å². The number of aliphatic carboxylic acids is 1. The number of nitrogens with zero attached hydrogens (tertiary/aromatic N) is 2. The number of hydrogen-bond donors (Lipinski definition) is 4. The van der Waals surface area contributed by atoms with E-state index in [4.69, 9.17) is 10.3 Å². The molecule has 1 aliphatic heterocycles. The molecule has 5 N–H and O–H groups in total. The number of carbonyl (C=O) groups is 2. The van der Waals surface area contributed by atoms with Gasteiger partial charge in [-0.3, -0.25) is 14.5 Å². The Labute approximate surface area is 307 Å². The van der Waals surface area contributed by atoms with Gasteiger partial charge in [-0.15, -0.1) is 0 Å². The number of fused-ring (bicyclic) bond motifs is 3. The summed E-state index contributed by atoms with van der Waals surface area (Å²) in [4.78, 5) is 26.2. The number of rotatable bonds is 9. The molecule has 2 aliphatic rings. The zero-order chi connectivity index (χ0) is 37.8. The van der Waals surface area contributed by atoms with Crippen molar-refractivity contribution in [3.05, 3.63) is 130 Å². The van der Waals surface area contributed by atoms with E-state index in [2.05, 4.69) is 78.1 Å². The summed E-state index contributed by atoms with van der Waals surface area (Å²) in [5.41, 5.74) is 16.8. The van der Waals surface area contributed by atoms with Crippen molar-refractivity contribution in [3.8, 4) is 22.5 Å². The Kier molecular flexibility index (Phi) is 11.4. The second-order valence-corrected chi connectivity index (χ2v) is 13.9. The molecule has 7 rings (SSSR count). The number of nitrogen functional groups attached to an aromatic ring is 1. The highest BCUT2D eigenvalue weighted by atomic mass is 19.1. The van der Waals surface area contributed by atoms with E-state index in [9.17, 15) is 28.6 Å². The molecular weight excluding hydrogens is 678 g/mol. The number of halogens is 2. The van der Waals surface area contributed by atoms with Crippen molar-refractivity contribution >= 4 is 17.6 Å². The largest absolute Gasteiger partial charge is 0.481 e. The average molecular weight is 723 g/mol. The van der Waals surface area contributed by atoms with Crippen molar-refractivity contribution in [1.82, 2.24) is 15.4 Å². The van der Waals surface area contributed by atoms with Crippen LogP contribution in [0.2, 0.25) is 0 Å². The Morgan fingerprint density at radius 2 is 1.72 bits per heavy atom. The van der Waals surface area contributed by atoms with Crippen molar-refractivity contribution in [2.75, 3.05) is 18.8 Å². The fourth-order valence-corrected chi connectivity index (χ4v) is 7.25. The molecule has 1 aromatic heterocycles. The third kappa shape index (κ3) is 8.32. The normalized spacial score (nSPS) is 17.5. The molecule has 4 atom stereocenters. The van der Waals surface area contributed by atoms with Gasteiger partial charge in [-0.05, 0) is 91.1 Å². The summed E-state index contributed by atoms with van der Waals surface area (Å²) in [5.74, 6) is -4.23. The number of carboxylic acid groups (broad SMARTS) is 1. The lowest BCUT2D eigenvalue weighted by Crippen LogP contribution is -2.56. The summed E-state index contributed by atoms with van der Waals surface area (Å²) in [6, 6.07) is 24.9. The van der Waals surface area contributed by atoms with Crippen LogP contribution in [0.15, 0.2) is 89.5 Å². The predicted octanol–water partition coefficient (Wildman–Crippen LogP) is 6.83. The van der Waals surface area contributed by atoms with Gasteiger partial charge >= 0.3 is 5.97 Å². The molecule has 0 saturated carbocycles. The lowest BCUT2D eigenvalue weighted by Gasteiger charge is -2.40. The van der Waals surface area contributed by atoms with E-state index in [-0.39, 0.29) is 29.6 Å². The van der Waals surface area contributed by atoms with Gasteiger partial charge in [0.2, 0.25) is 0 Å². The minimum Gasteiger partial charge on any atom is -0.481 e. The first-order valence-electron chi connectivity index (χ1n) is 17.8. The first-order chi connectivity index (χ1) is 25.4. The fourth-order valence-electron chi connectivity index (χ4n) is 7.25. The van der Waals surface area contributed by atoms with Crippen molar-refractivity contribution in [1.29, 1.82) is 0 Å². The standard InChI is InChI=1S/C22H21N.C20H23F2N3O5/c1-15-13-20-19-10-6-5-9-17(19)14-21(20)22(23)18(15)12-11-16-7-3-2-4-8-16;1-10(11(2)26)25-6-5-16(14(9-25)20(28)29)23-19(27)17-8-18(30-24-17)13-4-3-12(21)7-15(13)22/h2-10,13H,11-12,14,23H2,1H3;3-4,7-8,10-11,14,16,26H,5-6,9H2,1-2H3,(H,23,27)(H,28,29)/t;10-,11+,14-,16-/m.0/s1. The third-order valence-corrected chi connectivity index (χ3v) is 10.5. The Balaban J connectivity index is 0.000000187. The van der Waals surface area contributed by atoms with Crippen LogP contribution in [0.3, 0.4) is 0 Å². The van der Waals surface area contributed by atoms with Crippen LogP contribution < -0.4 is 11.1 Å². The van der Waals surface area contributed by atoms with E-state index in [0.717, 1.165) is 31.0 Å². The number of hydrogen-bond acceptors (Lipinski definition) is 7. The summed E-state index contributed by atoms with van der Waals surface area (Å²) in [6.07, 6.45) is 2.77. The van der Waals surface area contributed by atoms with Gasteiger partial charge in [0.05, 0.1) is 17.6 Å². The monoisotopic (exact) mass is 722 g/mol. The van der Waals surface area contributed by atoms with Crippen molar-refractivity contribution in [3.63, 3.8) is 0 Å². The number of anilines is 1. The molecule has 0 bridgehead atoms. The van der Waals surface area contributed by atoms with Crippen LogP contribution in [0.5, 0.6) is 0 Å². The quantitative estimate of drug-likeness (QED) is 0.119. The molecule has 9 nitrogen and oxygen atoms in total. The Bertz CT molecular complexity index is 2100. The first kappa shape index (κ1) is 37.4. The maximum atomic E-state index is 13.9. The number of likely N-dealkylation sites (tertiary alicyclic amines) is 1. The molecule has 11 heteroatoms. The van der Waals surface area contributed by atoms with Gasteiger partial charge in [-0.25, -0.2) is 8.78 Å². The van der Waals surface area contributed by atoms with Gasteiger partial charge in [0.25, 0.3) is 5.91 Å². The number of carboxylic acids is 1. The first-order valence-corrected chi connectivity index (χ1v) is 17.8. The highest BCUT2D eigenvalue weighted by Crippen LogP contribution is 2.42. The summed E-state index contributed by atoms with van der Waals surface area (Å²) in [7, 11) is 0. The summed E-state index contributed by atoms with van der Waals surface area (Å²) in [5, 5.41) is 25.6. The number of benzene rings is 4. The van der Waals surface area contributed by atoms with Gasteiger partial charge in [0.1, 0.15) is 11.6 Å². The van der Waals surface area contributed by atoms with Crippen LogP contribution in [0.4, 0.5) is 14.5 Å². The van der Waals surface area contributed by atoms with Crippen LogP contribution in [0.1, 0.15) is 58.6 Å². The van der Waals surface area contributed by atoms with E-state index in [0.29, 0.717) is 19.0 Å². The van der Waals surface area contributed by atoms with Crippen molar-refractivity contribution in [2.45, 2.75) is 64.6 Å². The minimum atomic E-state index is -1.06. The maximum absolute atomic E-state index is 13.9. The van der Waals surface area contributed by atoms with Crippen LogP contribution in [-0.4, -0.2) is 63.4 Å². The second-order valence-electron chi connectivity index (χ2n) is 13.9. The smallest absolute Gasteiger partial charge is 0.309 e. The molecule has 2 heterocycles. The zero-order valence-corrected chi connectivity index (χ0v) is 30.0. The fraction of sp³-hybridized carbons (Fsp3) is 0.310. The number of carbonyl (C=O) groups excluding carboxylic acids is 1. The van der Waals surface area contributed by atoms with Gasteiger partial charge in [-0.2, -0.15) is 0 Å². The van der Waals surface area contributed by atoms with Crippen LogP contribution >= 0.6 is 0 Å². The zero-order valence-electron chi connectivity index (χ0n) is 30.0. The Morgan fingerprint density at radius 3 is 2.43 bits per heavy atom. The molecule has 1 saturated heterocycles. The molecule has 5 aromatic rings.